The van der Waals surface area contributed by atoms with Gasteiger partial charge in [-0.2, -0.15) is 0 Å². The van der Waals surface area contributed by atoms with Crippen LogP contribution in [0, 0.1) is 5.82 Å². The summed E-state index contributed by atoms with van der Waals surface area (Å²) >= 11 is 5.65. The lowest BCUT2D eigenvalue weighted by atomic mass is 10.00. The fraction of sp³-hybridized carbons (Fsp3) is 0.333. The van der Waals surface area contributed by atoms with Gasteiger partial charge in [-0.15, -0.1) is 0 Å². The molecule has 1 aromatic carbocycles. The number of methoxy groups -OCH3 is 1. The highest BCUT2D eigenvalue weighted by Gasteiger charge is 2.26. The molecule has 6 nitrogen and oxygen atoms in total. The molecule has 2 atom stereocenters. The van der Waals surface area contributed by atoms with Crippen molar-refractivity contribution in [2.45, 2.75) is 18.6 Å². The summed E-state index contributed by atoms with van der Waals surface area (Å²) in [6.45, 7) is 0. The maximum atomic E-state index is 13.7. The average Bonchev–Trinajstić information content (AvgIpc) is 2.39. The molecule has 0 aromatic heterocycles. The molecule has 0 bridgehead atoms. The molecular formula is C12H12ClFO6. The number of aliphatic hydroxyl groups is 2. The molecule has 0 aliphatic carbocycles. The van der Waals surface area contributed by atoms with E-state index in [2.05, 4.69) is 4.74 Å². The van der Waals surface area contributed by atoms with Crippen molar-refractivity contribution in [2.24, 2.45) is 0 Å². The summed E-state index contributed by atoms with van der Waals surface area (Å²) < 4.78 is 18.0. The highest BCUT2D eigenvalue weighted by atomic mass is 35.5. The summed E-state index contributed by atoms with van der Waals surface area (Å²) in [5.74, 6) is -3.27. The number of carbonyl (C=O) groups is 2. The zero-order valence-electron chi connectivity index (χ0n) is 10.3. The zero-order chi connectivity index (χ0) is 15.4. The molecule has 0 heterocycles. The first kappa shape index (κ1) is 16.4. The van der Waals surface area contributed by atoms with Gasteiger partial charge in [0, 0.05) is 5.56 Å². The number of carboxylic acids is 1. The van der Waals surface area contributed by atoms with Crippen molar-refractivity contribution in [2.75, 3.05) is 7.11 Å². The van der Waals surface area contributed by atoms with Crippen LogP contribution in [-0.2, 0) is 9.53 Å². The van der Waals surface area contributed by atoms with Crippen molar-refractivity contribution in [3.63, 3.8) is 0 Å². The minimum atomic E-state index is -1.74. The van der Waals surface area contributed by atoms with Gasteiger partial charge in [-0.05, 0) is 12.1 Å². The second-order valence-corrected chi connectivity index (χ2v) is 4.36. The van der Waals surface area contributed by atoms with Crippen LogP contribution < -0.4 is 0 Å². The lowest BCUT2D eigenvalue weighted by Crippen LogP contribution is -2.23. The highest BCUT2D eigenvalue weighted by Crippen LogP contribution is 2.28. The molecule has 20 heavy (non-hydrogen) atoms. The van der Waals surface area contributed by atoms with Gasteiger partial charge < -0.3 is 20.1 Å². The molecule has 0 radical (unpaired) electrons. The number of carbonyl (C=O) groups excluding carboxylic acids is 1. The summed E-state index contributed by atoms with van der Waals surface area (Å²) in [6, 6.07) is 1.53. The van der Waals surface area contributed by atoms with Crippen LogP contribution in [0.4, 0.5) is 4.39 Å². The van der Waals surface area contributed by atoms with Crippen molar-refractivity contribution in [1.29, 1.82) is 0 Å². The fourth-order valence-electron chi connectivity index (χ4n) is 1.53. The monoisotopic (exact) mass is 306 g/mol. The van der Waals surface area contributed by atoms with Crippen LogP contribution in [0.25, 0.3) is 0 Å². The molecule has 1 aromatic rings. The van der Waals surface area contributed by atoms with Gasteiger partial charge >= 0.3 is 11.9 Å². The molecule has 0 aliphatic heterocycles. The van der Waals surface area contributed by atoms with Gasteiger partial charge in [-0.3, -0.25) is 4.79 Å². The summed E-state index contributed by atoms with van der Waals surface area (Å²) in [5, 5.41) is 27.8. The smallest absolute Gasteiger partial charge is 0.337 e. The lowest BCUT2D eigenvalue weighted by Gasteiger charge is -2.18. The Morgan fingerprint density at radius 1 is 1.40 bits per heavy atom. The molecule has 0 amide bonds. The van der Waals surface area contributed by atoms with Gasteiger partial charge in [0.15, 0.2) is 0 Å². The number of benzene rings is 1. The standard InChI is InChI=1S/C12H12ClFO6/c1-20-10(16)4-9(15)11(17)6-2-7(13)5(12(18)19)3-8(6)14/h2-3,9,11,15,17H,4H2,1H3,(H,18,19). The van der Waals surface area contributed by atoms with Crippen molar-refractivity contribution < 1.29 is 34.0 Å². The Hall–Kier alpha value is -1.70. The highest BCUT2D eigenvalue weighted by molar-refractivity contribution is 6.33. The largest absolute Gasteiger partial charge is 0.478 e. The van der Waals surface area contributed by atoms with E-state index in [1.54, 1.807) is 0 Å². The number of rotatable bonds is 5. The third kappa shape index (κ3) is 3.66. The van der Waals surface area contributed by atoms with E-state index in [4.69, 9.17) is 16.7 Å². The van der Waals surface area contributed by atoms with Crippen molar-refractivity contribution in [3.05, 3.63) is 34.1 Å². The first-order valence-electron chi connectivity index (χ1n) is 5.43. The number of aliphatic hydroxyl groups excluding tert-OH is 2. The predicted octanol–water partition coefficient (Wildman–Crippen LogP) is 1.13. The van der Waals surface area contributed by atoms with E-state index in [1.165, 1.54) is 0 Å². The maximum absolute atomic E-state index is 13.7. The van der Waals surface area contributed by atoms with Gasteiger partial charge in [-0.1, -0.05) is 11.6 Å². The Kier molecular flexibility index (Phi) is 5.43. The number of ether oxygens (including phenoxy) is 1. The van der Waals surface area contributed by atoms with E-state index in [9.17, 15) is 24.2 Å². The third-order valence-electron chi connectivity index (χ3n) is 2.60. The van der Waals surface area contributed by atoms with Gasteiger partial charge in [0.25, 0.3) is 0 Å². The molecule has 0 fully saturated rings. The molecule has 3 N–H and O–H groups in total. The van der Waals surface area contributed by atoms with E-state index in [0.29, 0.717) is 6.07 Å². The van der Waals surface area contributed by atoms with Crippen molar-refractivity contribution in [1.82, 2.24) is 0 Å². The van der Waals surface area contributed by atoms with Crippen molar-refractivity contribution in [3.8, 4) is 0 Å². The normalized spacial score (nSPS) is 13.7. The van der Waals surface area contributed by atoms with Crippen molar-refractivity contribution >= 4 is 23.5 Å². The van der Waals surface area contributed by atoms with E-state index in [1.807, 2.05) is 0 Å². The molecule has 1 rings (SSSR count). The Morgan fingerprint density at radius 2 is 2.00 bits per heavy atom. The number of hydrogen-bond donors (Lipinski definition) is 3. The second kappa shape index (κ2) is 6.65. The van der Waals surface area contributed by atoms with E-state index in [0.717, 1.165) is 13.2 Å². The lowest BCUT2D eigenvalue weighted by molar-refractivity contribution is -0.144. The second-order valence-electron chi connectivity index (χ2n) is 3.95. The van der Waals surface area contributed by atoms with Crippen LogP contribution in [-0.4, -0.2) is 40.5 Å². The Morgan fingerprint density at radius 3 is 2.50 bits per heavy atom. The van der Waals surface area contributed by atoms with Gasteiger partial charge in [0.2, 0.25) is 0 Å². The number of aromatic carboxylic acids is 1. The van der Waals surface area contributed by atoms with Gasteiger partial charge in [0.05, 0.1) is 30.2 Å². The first-order chi connectivity index (χ1) is 9.27. The maximum Gasteiger partial charge on any atom is 0.337 e. The predicted molar refractivity (Wildman–Crippen MR) is 66.0 cm³/mol. The minimum absolute atomic E-state index is 0.293. The van der Waals surface area contributed by atoms with Crippen LogP contribution in [0.15, 0.2) is 12.1 Å². The van der Waals surface area contributed by atoms with Gasteiger partial charge in [0.1, 0.15) is 11.9 Å². The Balaban J connectivity index is 3.04. The SMILES string of the molecule is COC(=O)CC(O)C(O)c1cc(Cl)c(C(=O)O)cc1F. The number of hydrogen-bond acceptors (Lipinski definition) is 5. The van der Waals surface area contributed by atoms with Crippen LogP contribution in [0.5, 0.6) is 0 Å². The summed E-state index contributed by atoms with van der Waals surface area (Å²) in [7, 11) is 1.10. The number of halogens is 2. The quantitative estimate of drug-likeness (QED) is 0.705. The number of carboxylic acid groups (broad SMARTS) is 1. The van der Waals surface area contributed by atoms with E-state index in [-0.39, 0.29) is 5.02 Å². The van der Waals surface area contributed by atoms with Crippen LogP contribution >= 0.6 is 11.6 Å². The topological polar surface area (TPSA) is 104 Å². The summed E-state index contributed by atoms with van der Waals surface area (Å²) in [6.07, 6.45) is -3.90. The van der Waals surface area contributed by atoms with E-state index < -0.39 is 47.5 Å². The first-order valence-corrected chi connectivity index (χ1v) is 5.81. The molecule has 0 aliphatic rings. The molecule has 2 unspecified atom stereocenters. The van der Waals surface area contributed by atoms with Crippen LogP contribution in [0.3, 0.4) is 0 Å². The average molecular weight is 307 g/mol. The minimum Gasteiger partial charge on any atom is -0.478 e. The molecule has 0 saturated carbocycles. The van der Waals surface area contributed by atoms with Gasteiger partial charge in [-0.25, -0.2) is 9.18 Å². The summed E-state index contributed by atoms with van der Waals surface area (Å²) in [5.41, 5.74) is -0.876. The van der Waals surface area contributed by atoms with Crippen LogP contribution in [0.2, 0.25) is 5.02 Å². The fourth-order valence-corrected chi connectivity index (χ4v) is 1.78. The molecule has 0 saturated heterocycles. The summed E-state index contributed by atoms with van der Waals surface area (Å²) in [4.78, 5) is 21.7. The Labute approximate surface area is 118 Å². The molecule has 0 spiro atoms. The molecule has 110 valence electrons. The molecule has 8 heteroatoms. The Bertz CT molecular complexity index is 533. The third-order valence-corrected chi connectivity index (χ3v) is 2.92. The molecular weight excluding hydrogens is 295 g/mol. The van der Waals surface area contributed by atoms with Crippen LogP contribution in [0.1, 0.15) is 28.4 Å². The van der Waals surface area contributed by atoms with E-state index >= 15 is 0 Å². The number of esters is 1. The zero-order valence-corrected chi connectivity index (χ0v) is 11.1.